The van der Waals surface area contributed by atoms with Crippen molar-refractivity contribution in [3.63, 3.8) is 0 Å². The monoisotopic (exact) mass is 446 g/mol. The Balaban J connectivity index is 1.63. The van der Waals surface area contributed by atoms with Crippen LogP contribution in [0.4, 0.5) is 10.1 Å². The van der Waals surface area contributed by atoms with E-state index in [0.29, 0.717) is 38.8 Å². The molecule has 0 bridgehead atoms. The molecule has 32 heavy (non-hydrogen) atoms. The Bertz CT molecular complexity index is 1350. The van der Waals surface area contributed by atoms with Crippen molar-refractivity contribution >= 4 is 29.0 Å². The third kappa shape index (κ3) is 4.26. The summed E-state index contributed by atoms with van der Waals surface area (Å²) in [7, 11) is 0. The standard InChI is InChI=1S/C25H20ClFN4O/c1-15-11-23(31(14-15)18-6-4-5-16(12-18)24(28)29)25(32)30-17-9-10-19(21(26)13-17)20-7-2-3-8-22(20)27/h2-14H,1H3,(H3,28,29)(H,30,32). The second kappa shape index (κ2) is 8.69. The fourth-order valence-corrected chi connectivity index (χ4v) is 3.78. The molecule has 1 aromatic heterocycles. The topological polar surface area (TPSA) is 83.9 Å². The highest BCUT2D eigenvalue weighted by atomic mass is 35.5. The van der Waals surface area contributed by atoms with E-state index in [1.54, 1.807) is 65.2 Å². The van der Waals surface area contributed by atoms with Crippen LogP contribution in [0.1, 0.15) is 21.6 Å². The molecule has 0 saturated carbocycles. The summed E-state index contributed by atoms with van der Waals surface area (Å²) in [5.41, 5.74) is 9.62. The molecule has 0 radical (unpaired) electrons. The van der Waals surface area contributed by atoms with Gasteiger partial charge in [0.1, 0.15) is 17.3 Å². The van der Waals surface area contributed by atoms with Gasteiger partial charge >= 0.3 is 0 Å². The molecule has 1 heterocycles. The van der Waals surface area contributed by atoms with E-state index >= 15 is 0 Å². The summed E-state index contributed by atoms with van der Waals surface area (Å²) < 4.78 is 15.9. The predicted molar refractivity (Wildman–Crippen MR) is 126 cm³/mol. The summed E-state index contributed by atoms with van der Waals surface area (Å²) in [4.78, 5) is 13.1. The van der Waals surface area contributed by atoms with Crippen LogP contribution in [-0.4, -0.2) is 16.3 Å². The summed E-state index contributed by atoms with van der Waals surface area (Å²) in [6, 6.07) is 20.2. The number of carbonyl (C=O) groups excluding carboxylic acids is 1. The number of nitrogens with zero attached hydrogens (tertiary/aromatic N) is 1. The number of carbonyl (C=O) groups is 1. The fraction of sp³-hybridized carbons (Fsp3) is 0.0400. The Kier molecular flexibility index (Phi) is 5.79. The Hall–Kier alpha value is -3.90. The highest BCUT2D eigenvalue weighted by molar-refractivity contribution is 6.33. The number of anilines is 1. The van der Waals surface area contributed by atoms with Gasteiger partial charge in [0, 0.05) is 34.3 Å². The lowest BCUT2D eigenvalue weighted by molar-refractivity contribution is 0.102. The Labute approximate surface area is 189 Å². The van der Waals surface area contributed by atoms with Crippen molar-refractivity contribution in [3.05, 3.63) is 107 Å². The first-order valence-corrected chi connectivity index (χ1v) is 10.2. The molecule has 3 aromatic carbocycles. The molecule has 0 spiro atoms. The van der Waals surface area contributed by atoms with Crippen molar-refractivity contribution < 1.29 is 9.18 Å². The number of benzene rings is 3. The van der Waals surface area contributed by atoms with E-state index in [4.69, 9.17) is 22.7 Å². The third-order valence-electron chi connectivity index (χ3n) is 5.02. The lowest BCUT2D eigenvalue weighted by Crippen LogP contribution is -2.16. The molecule has 4 N–H and O–H groups in total. The third-order valence-corrected chi connectivity index (χ3v) is 5.33. The smallest absolute Gasteiger partial charge is 0.272 e. The summed E-state index contributed by atoms with van der Waals surface area (Å²) in [5, 5.41) is 10.8. The predicted octanol–water partition coefficient (Wildman–Crippen LogP) is 5.78. The van der Waals surface area contributed by atoms with Crippen molar-refractivity contribution in [2.75, 3.05) is 5.32 Å². The van der Waals surface area contributed by atoms with Crippen LogP contribution in [0.2, 0.25) is 5.02 Å². The molecular formula is C25H20ClFN4O. The fourth-order valence-electron chi connectivity index (χ4n) is 3.49. The molecule has 0 aliphatic heterocycles. The van der Waals surface area contributed by atoms with Crippen LogP contribution in [0.3, 0.4) is 0 Å². The molecule has 1 amide bonds. The molecule has 0 aliphatic rings. The van der Waals surface area contributed by atoms with Crippen molar-refractivity contribution in [1.29, 1.82) is 5.41 Å². The highest BCUT2D eigenvalue weighted by Crippen LogP contribution is 2.32. The molecule has 7 heteroatoms. The van der Waals surface area contributed by atoms with Crippen molar-refractivity contribution in [2.45, 2.75) is 6.92 Å². The number of amides is 1. The molecule has 5 nitrogen and oxygen atoms in total. The maximum atomic E-state index is 14.1. The second-order valence-electron chi connectivity index (χ2n) is 7.37. The molecule has 4 aromatic rings. The Morgan fingerprint density at radius 3 is 2.53 bits per heavy atom. The number of nitrogen functional groups attached to an aromatic ring is 1. The second-order valence-corrected chi connectivity index (χ2v) is 7.77. The normalized spacial score (nSPS) is 10.7. The lowest BCUT2D eigenvalue weighted by Gasteiger charge is -2.12. The van der Waals surface area contributed by atoms with E-state index in [9.17, 15) is 9.18 Å². The lowest BCUT2D eigenvalue weighted by atomic mass is 10.0. The van der Waals surface area contributed by atoms with E-state index in [1.807, 2.05) is 19.2 Å². The number of hydrogen-bond donors (Lipinski definition) is 3. The first kappa shape index (κ1) is 21.3. The number of nitrogens with two attached hydrogens (primary N) is 1. The van der Waals surface area contributed by atoms with Crippen LogP contribution in [-0.2, 0) is 0 Å². The van der Waals surface area contributed by atoms with E-state index in [-0.39, 0.29) is 17.6 Å². The maximum Gasteiger partial charge on any atom is 0.272 e. The SMILES string of the molecule is Cc1cc(C(=O)Nc2ccc(-c3ccccc3F)c(Cl)c2)n(-c2cccc(C(=N)N)c2)c1. The largest absolute Gasteiger partial charge is 0.384 e. The summed E-state index contributed by atoms with van der Waals surface area (Å²) >= 11 is 6.39. The number of nitrogens with one attached hydrogen (secondary N) is 2. The number of halogens is 2. The van der Waals surface area contributed by atoms with Gasteiger partial charge in [-0.2, -0.15) is 0 Å². The van der Waals surface area contributed by atoms with Gasteiger partial charge in [0.25, 0.3) is 5.91 Å². The van der Waals surface area contributed by atoms with Gasteiger partial charge in [-0.05, 0) is 48.9 Å². The molecule has 160 valence electrons. The summed E-state index contributed by atoms with van der Waals surface area (Å²) in [5.74, 6) is -0.750. The van der Waals surface area contributed by atoms with E-state index < -0.39 is 0 Å². The van der Waals surface area contributed by atoms with Crippen LogP contribution < -0.4 is 11.1 Å². The summed E-state index contributed by atoms with van der Waals surface area (Å²) in [6.07, 6.45) is 1.84. The van der Waals surface area contributed by atoms with Crippen LogP contribution in [0.5, 0.6) is 0 Å². The van der Waals surface area contributed by atoms with Crippen LogP contribution in [0.15, 0.2) is 79.0 Å². The molecule has 0 aliphatic carbocycles. The van der Waals surface area contributed by atoms with Gasteiger partial charge in [0.15, 0.2) is 0 Å². The molecule has 4 rings (SSSR count). The minimum Gasteiger partial charge on any atom is -0.384 e. The average molecular weight is 447 g/mol. The molecule has 0 saturated heterocycles. The highest BCUT2D eigenvalue weighted by Gasteiger charge is 2.16. The van der Waals surface area contributed by atoms with Crippen molar-refractivity contribution in [2.24, 2.45) is 5.73 Å². The number of rotatable bonds is 5. The van der Waals surface area contributed by atoms with Gasteiger partial charge in [-0.15, -0.1) is 0 Å². The minimum absolute atomic E-state index is 0.0497. The zero-order chi connectivity index (χ0) is 22.8. The van der Waals surface area contributed by atoms with Crippen molar-refractivity contribution in [3.8, 4) is 16.8 Å². The van der Waals surface area contributed by atoms with Crippen LogP contribution >= 0.6 is 11.6 Å². The van der Waals surface area contributed by atoms with E-state index in [0.717, 1.165) is 5.56 Å². The summed E-state index contributed by atoms with van der Waals surface area (Å²) in [6.45, 7) is 1.89. The number of aromatic nitrogens is 1. The molecule has 0 atom stereocenters. The zero-order valence-corrected chi connectivity index (χ0v) is 18.0. The average Bonchev–Trinajstić information content (AvgIpc) is 3.17. The van der Waals surface area contributed by atoms with Gasteiger partial charge in [0.05, 0.1) is 5.02 Å². The van der Waals surface area contributed by atoms with E-state index in [2.05, 4.69) is 5.32 Å². The Morgan fingerprint density at radius 2 is 1.81 bits per heavy atom. The Morgan fingerprint density at radius 1 is 1.03 bits per heavy atom. The van der Waals surface area contributed by atoms with Gasteiger partial charge < -0.3 is 15.6 Å². The minimum atomic E-state index is -0.368. The number of aryl methyl sites for hydroxylation is 1. The molecular weight excluding hydrogens is 427 g/mol. The van der Waals surface area contributed by atoms with Gasteiger partial charge in [0.2, 0.25) is 0 Å². The quantitative estimate of drug-likeness (QED) is 0.268. The zero-order valence-electron chi connectivity index (χ0n) is 17.2. The van der Waals surface area contributed by atoms with Crippen LogP contribution in [0, 0.1) is 18.2 Å². The number of amidine groups is 1. The molecule has 0 unspecified atom stereocenters. The van der Waals surface area contributed by atoms with Crippen LogP contribution in [0.25, 0.3) is 16.8 Å². The van der Waals surface area contributed by atoms with Gasteiger partial charge in [-0.1, -0.05) is 48.0 Å². The van der Waals surface area contributed by atoms with Gasteiger partial charge in [-0.3, -0.25) is 10.2 Å². The maximum absolute atomic E-state index is 14.1. The number of hydrogen-bond acceptors (Lipinski definition) is 2. The van der Waals surface area contributed by atoms with E-state index in [1.165, 1.54) is 6.07 Å². The molecule has 0 fully saturated rings. The first-order valence-electron chi connectivity index (χ1n) is 9.83. The first-order chi connectivity index (χ1) is 15.3. The van der Waals surface area contributed by atoms with Crippen molar-refractivity contribution in [1.82, 2.24) is 4.57 Å². The van der Waals surface area contributed by atoms with Gasteiger partial charge in [-0.25, -0.2) is 4.39 Å².